The minimum Gasteiger partial charge on any atom is -0.481 e. The lowest BCUT2D eigenvalue weighted by Crippen LogP contribution is -2.08. The molecule has 0 radical (unpaired) electrons. The largest absolute Gasteiger partial charge is 0.481 e. The van der Waals surface area contributed by atoms with E-state index in [1.54, 1.807) is 25.1 Å². The number of benzene rings is 1. The number of aliphatic carboxylic acids is 1. The fourth-order valence-corrected chi connectivity index (χ4v) is 1.39. The fraction of sp³-hybridized carbons (Fsp3) is 0.167. The zero-order valence-corrected chi connectivity index (χ0v) is 10.1. The molecule has 0 fully saturated rings. The van der Waals surface area contributed by atoms with E-state index in [0.29, 0.717) is 11.3 Å². The van der Waals surface area contributed by atoms with Gasteiger partial charge in [-0.15, -0.1) is 0 Å². The van der Waals surface area contributed by atoms with Crippen LogP contribution in [0.2, 0.25) is 0 Å². The van der Waals surface area contributed by atoms with Crippen LogP contribution in [0.15, 0.2) is 27.4 Å². The van der Waals surface area contributed by atoms with Crippen molar-refractivity contribution >= 4 is 28.3 Å². The van der Waals surface area contributed by atoms with Gasteiger partial charge in [-0.2, -0.15) is 0 Å². The Morgan fingerprint density at radius 1 is 1.33 bits per heavy atom. The van der Waals surface area contributed by atoms with Crippen LogP contribution in [0.25, 0.3) is 11.0 Å². The molecule has 96 valence electrons. The summed E-state index contributed by atoms with van der Waals surface area (Å²) < 4.78 is 4.99. The first-order chi connectivity index (χ1) is 8.32. The number of hydrogen-bond acceptors (Lipinski definition) is 5. The van der Waals surface area contributed by atoms with E-state index >= 15 is 0 Å². The number of nitrogen functional groups attached to an aromatic ring is 2. The Bertz CT molecular complexity index is 642. The number of fused-ring (bicyclic) bond motifs is 1. The molecule has 0 atom stereocenters. The molecule has 1 aromatic carbocycles. The van der Waals surface area contributed by atoms with Crippen molar-refractivity contribution in [2.45, 2.75) is 13.8 Å². The lowest BCUT2D eigenvalue weighted by Gasteiger charge is -2.03. The van der Waals surface area contributed by atoms with Gasteiger partial charge in [0, 0.05) is 24.1 Å². The van der Waals surface area contributed by atoms with Gasteiger partial charge in [0.05, 0.1) is 0 Å². The number of carboxylic acids is 1. The number of hydrogen-bond donors (Lipinski definition) is 3. The molecule has 0 saturated heterocycles. The minimum atomic E-state index is -0.833. The Hall–Kier alpha value is -2.50. The quantitative estimate of drug-likeness (QED) is 0.479. The zero-order valence-electron chi connectivity index (χ0n) is 10.1. The second-order valence-electron chi connectivity index (χ2n) is 3.70. The normalized spacial score (nSPS) is 9.67. The van der Waals surface area contributed by atoms with E-state index < -0.39 is 11.6 Å². The van der Waals surface area contributed by atoms with Crippen LogP contribution in [0.1, 0.15) is 12.5 Å². The maximum atomic E-state index is 11.2. The molecule has 0 saturated carbocycles. The van der Waals surface area contributed by atoms with E-state index in [-0.39, 0.29) is 5.69 Å². The Morgan fingerprint density at radius 3 is 2.44 bits per heavy atom. The van der Waals surface area contributed by atoms with Crippen molar-refractivity contribution in [2.24, 2.45) is 0 Å². The van der Waals surface area contributed by atoms with Gasteiger partial charge in [-0.25, -0.2) is 4.79 Å². The lowest BCUT2D eigenvalue weighted by atomic mass is 10.1. The molecule has 1 aromatic heterocycles. The lowest BCUT2D eigenvalue weighted by molar-refractivity contribution is -0.134. The number of anilines is 2. The molecule has 5 N–H and O–H groups in total. The summed E-state index contributed by atoms with van der Waals surface area (Å²) in [4.78, 5) is 20.2. The highest BCUT2D eigenvalue weighted by atomic mass is 16.4. The molecule has 0 amide bonds. The van der Waals surface area contributed by atoms with Gasteiger partial charge in [-0.05, 0) is 24.6 Å². The van der Waals surface area contributed by atoms with Crippen LogP contribution in [-0.4, -0.2) is 11.1 Å². The molecule has 1 heterocycles. The third-order valence-corrected chi connectivity index (χ3v) is 2.24. The van der Waals surface area contributed by atoms with Crippen molar-refractivity contribution in [2.75, 3.05) is 11.5 Å². The molecule has 0 spiro atoms. The van der Waals surface area contributed by atoms with Crippen LogP contribution in [0, 0.1) is 6.92 Å². The summed E-state index contributed by atoms with van der Waals surface area (Å²) >= 11 is 0. The highest BCUT2D eigenvalue weighted by Gasteiger charge is 2.07. The molecule has 6 nitrogen and oxygen atoms in total. The molecule has 18 heavy (non-hydrogen) atoms. The first-order valence-corrected chi connectivity index (χ1v) is 5.11. The molecular formula is C12H14N2O4. The molecule has 0 aliphatic heterocycles. The highest BCUT2D eigenvalue weighted by molar-refractivity contribution is 5.86. The van der Waals surface area contributed by atoms with Gasteiger partial charge >= 0.3 is 5.63 Å². The molecule has 6 heteroatoms. The first-order valence-electron chi connectivity index (χ1n) is 5.11. The molecule has 2 rings (SSSR count). The van der Waals surface area contributed by atoms with Gasteiger partial charge < -0.3 is 21.0 Å². The first kappa shape index (κ1) is 13.6. The molecule has 2 aromatic rings. The summed E-state index contributed by atoms with van der Waals surface area (Å²) in [5, 5.41) is 8.23. The maximum absolute atomic E-state index is 11.2. The smallest absolute Gasteiger partial charge is 0.359 e. The van der Waals surface area contributed by atoms with E-state index in [9.17, 15) is 4.79 Å². The second-order valence-corrected chi connectivity index (χ2v) is 3.70. The number of carboxylic acid groups (broad SMARTS) is 1. The Balaban J connectivity index is 0.000000357. The predicted octanol–water partition coefficient (Wildman–Crippen LogP) is 1.36. The van der Waals surface area contributed by atoms with Crippen LogP contribution < -0.4 is 17.1 Å². The third kappa shape index (κ3) is 3.00. The van der Waals surface area contributed by atoms with Crippen LogP contribution in [0.5, 0.6) is 0 Å². The van der Waals surface area contributed by atoms with Gasteiger partial charge in [-0.3, -0.25) is 4.79 Å². The summed E-state index contributed by atoms with van der Waals surface area (Å²) in [7, 11) is 0. The van der Waals surface area contributed by atoms with Gasteiger partial charge in [0.1, 0.15) is 11.3 Å². The Kier molecular flexibility index (Phi) is 3.93. The summed E-state index contributed by atoms with van der Waals surface area (Å²) in [6.45, 7) is 2.87. The van der Waals surface area contributed by atoms with Crippen LogP contribution in [0.4, 0.5) is 11.4 Å². The van der Waals surface area contributed by atoms with Crippen LogP contribution in [0.3, 0.4) is 0 Å². The SMILES string of the molecule is CC(=O)O.Cc1c(N)c(=O)oc2cc(N)ccc12. The predicted molar refractivity (Wildman–Crippen MR) is 69.4 cm³/mol. The van der Waals surface area contributed by atoms with Crippen molar-refractivity contribution in [1.29, 1.82) is 0 Å². The summed E-state index contributed by atoms with van der Waals surface area (Å²) in [5.41, 5.74) is 12.5. The number of rotatable bonds is 0. The van der Waals surface area contributed by atoms with Crippen molar-refractivity contribution in [3.05, 3.63) is 34.2 Å². The van der Waals surface area contributed by atoms with Crippen molar-refractivity contribution < 1.29 is 14.3 Å². The monoisotopic (exact) mass is 250 g/mol. The van der Waals surface area contributed by atoms with Crippen LogP contribution >= 0.6 is 0 Å². The topological polar surface area (TPSA) is 120 Å². The van der Waals surface area contributed by atoms with E-state index in [1.807, 2.05) is 0 Å². The standard InChI is InChI=1S/C10H10N2O2.C2H4O2/c1-5-7-3-2-6(11)4-8(7)14-10(13)9(5)12;1-2(3)4/h2-4H,11-12H2,1H3;1H3,(H,3,4). The Morgan fingerprint density at radius 2 is 1.89 bits per heavy atom. The fourth-order valence-electron chi connectivity index (χ4n) is 1.39. The number of carbonyl (C=O) groups is 1. The number of nitrogens with two attached hydrogens (primary N) is 2. The highest BCUT2D eigenvalue weighted by Crippen LogP contribution is 2.22. The third-order valence-electron chi connectivity index (χ3n) is 2.24. The summed E-state index contributed by atoms with van der Waals surface area (Å²) in [5.74, 6) is -0.833. The second kappa shape index (κ2) is 5.22. The van der Waals surface area contributed by atoms with Gasteiger partial charge in [0.25, 0.3) is 5.97 Å². The maximum Gasteiger partial charge on any atom is 0.359 e. The van der Waals surface area contributed by atoms with Gasteiger partial charge in [0.15, 0.2) is 0 Å². The molecule has 0 unspecified atom stereocenters. The molecular weight excluding hydrogens is 236 g/mol. The molecule has 0 aliphatic carbocycles. The average Bonchev–Trinajstić information content (AvgIpc) is 2.25. The van der Waals surface area contributed by atoms with Crippen molar-refractivity contribution in [3.63, 3.8) is 0 Å². The van der Waals surface area contributed by atoms with Gasteiger partial charge in [-0.1, -0.05) is 0 Å². The number of aryl methyl sites for hydroxylation is 1. The zero-order chi connectivity index (χ0) is 13.9. The molecule has 0 aliphatic rings. The summed E-state index contributed by atoms with van der Waals surface area (Å²) in [6, 6.07) is 5.15. The molecule has 0 bridgehead atoms. The van der Waals surface area contributed by atoms with E-state index in [4.69, 9.17) is 25.8 Å². The van der Waals surface area contributed by atoms with E-state index in [1.165, 1.54) is 0 Å². The minimum absolute atomic E-state index is 0.155. The average molecular weight is 250 g/mol. The Labute approximate surface area is 103 Å². The van der Waals surface area contributed by atoms with E-state index in [0.717, 1.165) is 17.9 Å². The van der Waals surface area contributed by atoms with Crippen molar-refractivity contribution in [1.82, 2.24) is 0 Å². The van der Waals surface area contributed by atoms with Gasteiger partial charge in [0.2, 0.25) is 0 Å². The summed E-state index contributed by atoms with van der Waals surface area (Å²) in [6.07, 6.45) is 0. The van der Waals surface area contributed by atoms with Crippen molar-refractivity contribution in [3.8, 4) is 0 Å². The van der Waals surface area contributed by atoms with E-state index in [2.05, 4.69) is 0 Å². The van der Waals surface area contributed by atoms with Crippen LogP contribution in [-0.2, 0) is 4.79 Å².